The minimum atomic E-state index is -0.0960. The second-order valence-corrected chi connectivity index (χ2v) is 8.89. The number of aromatic nitrogens is 1. The Kier molecular flexibility index (Phi) is 8.54. The second-order valence-electron chi connectivity index (χ2n) is 8.89. The molecular formula is C29H34N4O2. The third-order valence-corrected chi connectivity index (χ3v) is 6.13. The van der Waals surface area contributed by atoms with Crippen molar-refractivity contribution in [2.75, 3.05) is 26.7 Å². The molecule has 1 amide bonds. The van der Waals surface area contributed by atoms with Gasteiger partial charge in [-0.05, 0) is 67.4 Å². The molecule has 4 aromatic rings. The molecule has 0 saturated carbocycles. The number of aryl methyl sites for hydroxylation is 1. The van der Waals surface area contributed by atoms with E-state index >= 15 is 0 Å². The van der Waals surface area contributed by atoms with Gasteiger partial charge in [-0.2, -0.15) is 0 Å². The van der Waals surface area contributed by atoms with Crippen molar-refractivity contribution in [2.24, 2.45) is 5.73 Å². The summed E-state index contributed by atoms with van der Waals surface area (Å²) in [7, 11) is 2.09. The van der Waals surface area contributed by atoms with Gasteiger partial charge in [0.2, 0.25) is 0 Å². The highest BCUT2D eigenvalue weighted by Crippen LogP contribution is 2.22. The summed E-state index contributed by atoms with van der Waals surface area (Å²) in [6, 6.07) is 26.3. The molecule has 4 rings (SSSR count). The maximum Gasteiger partial charge on any atom is 0.267 e. The summed E-state index contributed by atoms with van der Waals surface area (Å²) in [6.45, 7) is 3.47. The molecule has 0 saturated heterocycles. The number of carbonyl (C=O) groups is 1. The number of ether oxygens (including phenoxy) is 1. The zero-order valence-corrected chi connectivity index (χ0v) is 20.3. The van der Waals surface area contributed by atoms with Crippen molar-refractivity contribution in [1.82, 2.24) is 15.2 Å². The van der Waals surface area contributed by atoms with E-state index in [-0.39, 0.29) is 5.91 Å². The molecule has 35 heavy (non-hydrogen) atoms. The Hall–Kier alpha value is -3.61. The number of hydrogen-bond acceptors (Lipinski definition) is 4. The number of nitrogens with one attached hydrogen (secondary N) is 2. The molecule has 0 radical (unpaired) electrons. The molecule has 0 spiro atoms. The number of hydrogen-bond donors (Lipinski definition) is 3. The van der Waals surface area contributed by atoms with E-state index in [4.69, 9.17) is 10.5 Å². The fourth-order valence-electron chi connectivity index (χ4n) is 4.03. The van der Waals surface area contributed by atoms with E-state index in [9.17, 15) is 4.79 Å². The summed E-state index contributed by atoms with van der Waals surface area (Å²) in [5.41, 5.74) is 10.7. The van der Waals surface area contributed by atoms with Crippen molar-refractivity contribution >= 4 is 16.8 Å². The van der Waals surface area contributed by atoms with Gasteiger partial charge in [0.25, 0.3) is 5.91 Å². The van der Waals surface area contributed by atoms with Gasteiger partial charge in [0.05, 0.1) is 0 Å². The largest absolute Gasteiger partial charge is 0.489 e. The molecule has 0 aliphatic heterocycles. The third-order valence-electron chi connectivity index (χ3n) is 6.13. The summed E-state index contributed by atoms with van der Waals surface area (Å²) < 4.78 is 5.91. The van der Waals surface area contributed by atoms with E-state index in [0.717, 1.165) is 53.7 Å². The molecule has 1 aromatic heterocycles. The first-order valence-electron chi connectivity index (χ1n) is 12.1. The first-order chi connectivity index (χ1) is 17.1. The monoisotopic (exact) mass is 470 g/mol. The van der Waals surface area contributed by atoms with Crippen molar-refractivity contribution in [2.45, 2.75) is 26.0 Å². The Morgan fingerprint density at radius 3 is 2.49 bits per heavy atom. The van der Waals surface area contributed by atoms with Gasteiger partial charge in [-0.25, -0.2) is 0 Å². The number of aromatic amines is 1. The van der Waals surface area contributed by atoms with Crippen LogP contribution >= 0.6 is 0 Å². The molecule has 6 heteroatoms. The van der Waals surface area contributed by atoms with Crippen LogP contribution in [0.1, 0.15) is 33.6 Å². The van der Waals surface area contributed by atoms with E-state index in [0.29, 0.717) is 25.4 Å². The Morgan fingerprint density at radius 2 is 1.71 bits per heavy atom. The maximum atomic E-state index is 12.6. The van der Waals surface area contributed by atoms with E-state index in [1.54, 1.807) is 0 Å². The highest BCUT2D eigenvalue weighted by Gasteiger charge is 2.10. The number of nitrogens with zero attached hydrogens (tertiary/aromatic N) is 1. The average Bonchev–Trinajstić information content (AvgIpc) is 3.32. The van der Waals surface area contributed by atoms with E-state index in [2.05, 4.69) is 46.5 Å². The summed E-state index contributed by atoms with van der Waals surface area (Å²) in [5, 5.41) is 3.97. The number of fused-ring (bicyclic) bond motifs is 1. The maximum absolute atomic E-state index is 12.6. The highest BCUT2D eigenvalue weighted by molar-refractivity contribution is 5.98. The lowest BCUT2D eigenvalue weighted by atomic mass is 10.1. The number of rotatable bonds is 12. The number of benzene rings is 3. The van der Waals surface area contributed by atoms with Gasteiger partial charge in [-0.3, -0.25) is 4.79 Å². The summed E-state index contributed by atoms with van der Waals surface area (Å²) in [5.74, 6) is 0.686. The molecular weight excluding hydrogens is 436 g/mol. The summed E-state index contributed by atoms with van der Waals surface area (Å²) >= 11 is 0. The zero-order valence-electron chi connectivity index (χ0n) is 20.3. The third kappa shape index (κ3) is 7.18. The van der Waals surface area contributed by atoms with Gasteiger partial charge < -0.3 is 25.7 Å². The van der Waals surface area contributed by atoms with E-state index in [1.807, 2.05) is 54.6 Å². The Labute approximate surface area is 207 Å². The number of amides is 1. The normalized spacial score (nSPS) is 11.2. The second kappa shape index (κ2) is 12.2. The summed E-state index contributed by atoms with van der Waals surface area (Å²) in [4.78, 5) is 18.1. The molecule has 0 unspecified atom stereocenters. The average molecular weight is 471 g/mol. The fourth-order valence-corrected chi connectivity index (χ4v) is 4.03. The lowest BCUT2D eigenvalue weighted by Gasteiger charge is -2.16. The quantitative estimate of drug-likeness (QED) is 0.285. The van der Waals surface area contributed by atoms with Crippen molar-refractivity contribution < 1.29 is 9.53 Å². The van der Waals surface area contributed by atoms with Crippen LogP contribution in [0.5, 0.6) is 5.75 Å². The minimum absolute atomic E-state index is 0.0960. The van der Waals surface area contributed by atoms with Crippen molar-refractivity contribution in [3.8, 4) is 5.75 Å². The van der Waals surface area contributed by atoms with Crippen LogP contribution in [0, 0.1) is 0 Å². The van der Waals surface area contributed by atoms with Crippen molar-refractivity contribution in [1.29, 1.82) is 0 Å². The van der Waals surface area contributed by atoms with Crippen LogP contribution in [0.3, 0.4) is 0 Å². The molecule has 182 valence electrons. The molecule has 6 nitrogen and oxygen atoms in total. The number of H-pyrrole nitrogens is 1. The molecule has 0 bridgehead atoms. The van der Waals surface area contributed by atoms with Crippen molar-refractivity contribution in [3.05, 3.63) is 101 Å². The lowest BCUT2D eigenvalue weighted by Crippen LogP contribution is -2.33. The predicted octanol–water partition coefficient (Wildman–Crippen LogP) is 4.50. The zero-order chi connectivity index (χ0) is 24.5. The summed E-state index contributed by atoms with van der Waals surface area (Å²) in [6.07, 6.45) is 2.11. The smallest absolute Gasteiger partial charge is 0.267 e. The molecule has 1 heterocycles. The van der Waals surface area contributed by atoms with Crippen LogP contribution in [0.25, 0.3) is 10.9 Å². The minimum Gasteiger partial charge on any atom is -0.489 e. The van der Waals surface area contributed by atoms with Gasteiger partial charge in [0.15, 0.2) is 0 Å². The van der Waals surface area contributed by atoms with Gasteiger partial charge in [-0.15, -0.1) is 0 Å². The molecule has 3 aromatic carbocycles. The molecule has 0 aliphatic carbocycles. The number of carbonyl (C=O) groups excluding carboxylic acids is 1. The topological polar surface area (TPSA) is 83.4 Å². The van der Waals surface area contributed by atoms with E-state index < -0.39 is 0 Å². The van der Waals surface area contributed by atoms with Gasteiger partial charge >= 0.3 is 0 Å². The van der Waals surface area contributed by atoms with E-state index in [1.165, 1.54) is 5.56 Å². The molecule has 0 atom stereocenters. The first kappa shape index (κ1) is 24.5. The van der Waals surface area contributed by atoms with Gasteiger partial charge in [-0.1, -0.05) is 54.6 Å². The highest BCUT2D eigenvalue weighted by atomic mass is 16.5. The number of likely N-dealkylation sites (N-methyl/N-ethyl adjacent to an activating group) is 1. The Morgan fingerprint density at radius 1 is 0.943 bits per heavy atom. The van der Waals surface area contributed by atoms with Crippen LogP contribution in [0.4, 0.5) is 0 Å². The Bertz CT molecular complexity index is 1220. The molecule has 4 N–H and O–H groups in total. The first-order valence-corrected chi connectivity index (χ1v) is 12.1. The van der Waals surface area contributed by atoms with Crippen LogP contribution in [-0.2, 0) is 19.6 Å². The predicted molar refractivity (Wildman–Crippen MR) is 142 cm³/mol. The fraction of sp³-hybridized carbons (Fsp3) is 0.276. The number of nitrogens with two attached hydrogens (primary N) is 1. The molecule has 0 fully saturated rings. The van der Waals surface area contributed by atoms with Gasteiger partial charge in [0.1, 0.15) is 18.1 Å². The van der Waals surface area contributed by atoms with Crippen LogP contribution in [0.2, 0.25) is 0 Å². The standard InChI is InChI=1S/C29H34N4O2/c1-33(16-5-8-22-9-11-23(20-30)12-10-22)17-15-31-29(34)28-19-25-18-26(13-14-27(25)32-28)35-21-24-6-3-2-4-7-24/h2-4,6-7,9-14,18-19,32H,5,8,15-17,20-21,30H2,1H3,(H,31,34). The SMILES string of the molecule is CN(CCCc1ccc(CN)cc1)CCNC(=O)c1cc2cc(OCc3ccccc3)ccc2[nH]1. The van der Waals surface area contributed by atoms with Crippen LogP contribution in [0.15, 0.2) is 78.9 Å². The van der Waals surface area contributed by atoms with Crippen molar-refractivity contribution in [3.63, 3.8) is 0 Å². The Balaban J connectivity index is 1.20. The lowest BCUT2D eigenvalue weighted by molar-refractivity contribution is 0.0945. The van der Waals surface area contributed by atoms with Crippen LogP contribution < -0.4 is 15.8 Å². The van der Waals surface area contributed by atoms with Crippen LogP contribution in [-0.4, -0.2) is 42.5 Å². The van der Waals surface area contributed by atoms with Gasteiger partial charge in [0, 0.05) is 30.5 Å². The molecule has 0 aliphatic rings.